The molecule has 2 nitrogen and oxygen atoms in total. The third-order valence-electron chi connectivity index (χ3n) is 4.21. The van der Waals surface area contributed by atoms with Gasteiger partial charge in [-0.15, -0.1) is 0 Å². The molecule has 0 heterocycles. The summed E-state index contributed by atoms with van der Waals surface area (Å²) in [6, 6.07) is 7.13. The average molecular weight is 261 g/mol. The summed E-state index contributed by atoms with van der Waals surface area (Å²) in [6.07, 6.45) is 4.31. The van der Waals surface area contributed by atoms with Crippen LogP contribution in [0.25, 0.3) is 0 Å². The van der Waals surface area contributed by atoms with Gasteiger partial charge in [-0.1, -0.05) is 35.7 Å². The van der Waals surface area contributed by atoms with Crippen molar-refractivity contribution in [3.05, 3.63) is 34.9 Å². The summed E-state index contributed by atoms with van der Waals surface area (Å²) >= 11 is 0. The number of hydrogen-bond acceptors (Lipinski definition) is 2. The van der Waals surface area contributed by atoms with Crippen LogP contribution in [-0.4, -0.2) is 17.8 Å². The molecule has 3 atom stereocenters. The maximum atomic E-state index is 9.71. The van der Waals surface area contributed by atoms with Gasteiger partial charge in [-0.25, -0.2) is 0 Å². The SMILES string of the molecule is Cc1cc(C)cc(C(C)NCC2CCCC(O)C2)c1. The zero-order valence-electron chi connectivity index (χ0n) is 12.4. The van der Waals surface area contributed by atoms with Crippen molar-refractivity contribution in [1.82, 2.24) is 5.32 Å². The third kappa shape index (κ3) is 4.32. The Labute approximate surface area is 117 Å². The first-order valence-electron chi connectivity index (χ1n) is 7.54. The molecule has 19 heavy (non-hydrogen) atoms. The number of aliphatic hydroxyl groups is 1. The van der Waals surface area contributed by atoms with Crippen LogP contribution in [0.15, 0.2) is 18.2 Å². The van der Waals surface area contributed by atoms with E-state index in [4.69, 9.17) is 0 Å². The van der Waals surface area contributed by atoms with E-state index < -0.39 is 0 Å². The molecule has 3 unspecified atom stereocenters. The first-order valence-corrected chi connectivity index (χ1v) is 7.54. The Morgan fingerprint density at radius 2 is 1.89 bits per heavy atom. The van der Waals surface area contributed by atoms with Crippen LogP contribution < -0.4 is 5.32 Å². The number of aryl methyl sites for hydroxylation is 2. The molecule has 1 saturated carbocycles. The number of aliphatic hydroxyl groups excluding tert-OH is 1. The van der Waals surface area contributed by atoms with Crippen LogP contribution in [0.1, 0.15) is 55.3 Å². The molecule has 0 aromatic heterocycles. The molecule has 1 aliphatic carbocycles. The van der Waals surface area contributed by atoms with E-state index in [-0.39, 0.29) is 6.10 Å². The largest absolute Gasteiger partial charge is 0.393 e. The lowest BCUT2D eigenvalue weighted by Crippen LogP contribution is -2.30. The zero-order valence-corrected chi connectivity index (χ0v) is 12.4. The van der Waals surface area contributed by atoms with E-state index in [1.807, 2.05) is 0 Å². The first-order chi connectivity index (χ1) is 9.04. The lowest BCUT2D eigenvalue weighted by Gasteiger charge is -2.27. The second kappa shape index (κ2) is 6.53. The predicted molar refractivity (Wildman–Crippen MR) is 80.3 cm³/mol. The molecule has 0 saturated heterocycles. The number of hydrogen-bond donors (Lipinski definition) is 2. The minimum absolute atomic E-state index is 0.0722. The smallest absolute Gasteiger partial charge is 0.0543 e. The monoisotopic (exact) mass is 261 g/mol. The van der Waals surface area contributed by atoms with E-state index in [1.165, 1.54) is 29.5 Å². The Kier molecular flexibility index (Phi) is 5.00. The van der Waals surface area contributed by atoms with Gasteiger partial charge in [-0.2, -0.15) is 0 Å². The highest BCUT2D eigenvalue weighted by molar-refractivity contribution is 5.30. The van der Waals surface area contributed by atoms with Crippen LogP contribution in [0.2, 0.25) is 0 Å². The maximum Gasteiger partial charge on any atom is 0.0543 e. The van der Waals surface area contributed by atoms with Gasteiger partial charge in [0.1, 0.15) is 0 Å². The van der Waals surface area contributed by atoms with Crippen LogP contribution >= 0.6 is 0 Å². The highest BCUT2D eigenvalue weighted by Gasteiger charge is 2.20. The van der Waals surface area contributed by atoms with Gasteiger partial charge in [-0.05, 0) is 58.1 Å². The van der Waals surface area contributed by atoms with E-state index in [9.17, 15) is 5.11 Å². The molecular weight excluding hydrogens is 234 g/mol. The van der Waals surface area contributed by atoms with Crippen molar-refractivity contribution in [2.45, 2.75) is 58.6 Å². The standard InChI is InChI=1S/C17H27NO/c1-12-7-13(2)9-16(8-12)14(3)18-11-15-5-4-6-17(19)10-15/h7-9,14-15,17-19H,4-6,10-11H2,1-3H3. The quantitative estimate of drug-likeness (QED) is 0.869. The molecule has 1 aromatic carbocycles. The fraction of sp³-hybridized carbons (Fsp3) is 0.647. The Hall–Kier alpha value is -0.860. The Bertz CT molecular complexity index is 395. The van der Waals surface area contributed by atoms with Crippen LogP contribution in [0.5, 0.6) is 0 Å². The molecule has 0 amide bonds. The van der Waals surface area contributed by atoms with Gasteiger partial charge in [0.2, 0.25) is 0 Å². The molecule has 2 N–H and O–H groups in total. The summed E-state index contributed by atoms with van der Waals surface area (Å²) in [7, 11) is 0. The lowest BCUT2D eigenvalue weighted by molar-refractivity contribution is 0.0998. The summed E-state index contributed by atoms with van der Waals surface area (Å²) in [6.45, 7) is 7.56. The molecule has 1 aliphatic rings. The maximum absolute atomic E-state index is 9.71. The van der Waals surface area contributed by atoms with E-state index in [0.29, 0.717) is 12.0 Å². The summed E-state index contributed by atoms with van der Waals surface area (Å²) in [5, 5.41) is 13.3. The molecule has 0 radical (unpaired) electrons. The highest BCUT2D eigenvalue weighted by atomic mass is 16.3. The predicted octanol–water partition coefficient (Wildman–Crippen LogP) is 3.51. The number of rotatable bonds is 4. The second-order valence-electron chi connectivity index (χ2n) is 6.24. The normalized spacial score (nSPS) is 25.3. The van der Waals surface area contributed by atoms with Crippen molar-refractivity contribution < 1.29 is 5.11 Å². The Morgan fingerprint density at radius 1 is 1.21 bits per heavy atom. The summed E-state index contributed by atoms with van der Waals surface area (Å²) < 4.78 is 0. The third-order valence-corrected chi connectivity index (χ3v) is 4.21. The van der Waals surface area contributed by atoms with E-state index in [1.54, 1.807) is 0 Å². The second-order valence-corrected chi connectivity index (χ2v) is 6.24. The first kappa shape index (κ1) is 14.5. The fourth-order valence-corrected chi connectivity index (χ4v) is 3.17. The van der Waals surface area contributed by atoms with Gasteiger partial charge in [0.25, 0.3) is 0 Å². The van der Waals surface area contributed by atoms with Crippen molar-refractivity contribution in [3.63, 3.8) is 0 Å². The van der Waals surface area contributed by atoms with E-state index in [2.05, 4.69) is 44.3 Å². The topological polar surface area (TPSA) is 32.3 Å². The summed E-state index contributed by atoms with van der Waals surface area (Å²) in [5.41, 5.74) is 4.03. The van der Waals surface area contributed by atoms with Gasteiger partial charge in [0, 0.05) is 6.04 Å². The highest BCUT2D eigenvalue weighted by Crippen LogP contribution is 2.24. The lowest BCUT2D eigenvalue weighted by atomic mass is 9.87. The van der Waals surface area contributed by atoms with Gasteiger partial charge < -0.3 is 10.4 Å². The molecule has 0 spiro atoms. The minimum atomic E-state index is -0.0722. The summed E-state index contributed by atoms with van der Waals surface area (Å²) in [5.74, 6) is 0.636. The number of benzene rings is 1. The van der Waals surface area contributed by atoms with Crippen LogP contribution in [-0.2, 0) is 0 Å². The van der Waals surface area contributed by atoms with Crippen molar-refractivity contribution in [1.29, 1.82) is 0 Å². The molecule has 2 heteroatoms. The minimum Gasteiger partial charge on any atom is -0.393 e. The van der Waals surface area contributed by atoms with Gasteiger partial charge >= 0.3 is 0 Å². The van der Waals surface area contributed by atoms with Crippen LogP contribution in [0.4, 0.5) is 0 Å². The van der Waals surface area contributed by atoms with Gasteiger partial charge in [0.15, 0.2) is 0 Å². The molecule has 106 valence electrons. The van der Waals surface area contributed by atoms with E-state index >= 15 is 0 Å². The molecule has 1 aromatic rings. The van der Waals surface area contributed by atoms with Gasteiger partial charge in [0.05, 0.1) is 6.10 Å². The average Bonchev–Trinajstić information content (AvgIpc) is 2.35. The Balaban J connectivity index is 1.88. The van der Waals surface area contributed by atoms with Crippen molar-refractivity contribution in [2.24, 2.45) is 5.92 Å². The van der Waals surface area contributed by atoms with Crippen LogP contribution in [0, 0.1) is 19.8 Å². The van der Waals surface area contributed by atoms with Crippen molar-refractivity contribution in [3.8, 4) is 0 Å². The fourth-order valence-electron chi connectivity index (χ4n) is 3.17. The molecule has 0 aliphatic heterocycles. The Morgan fingerprint density at radius 3 is 2.53 bits per heavy atom. The molecule has 0 bridgehead atoms. The van der Waals surface area contributed by atoms with E-state index in [0.717, 1.165) is 19.4 Å². The number of nitrogens with one attached hydrogen (secondary N) is 1. The van der Waals surface area contributed by atoms with Crippen molar-refractivity contribution >= 4 is 0 Å². The molecule has 1 fully saturated rings. The van der Waals surface area contributed by atoms with Crippen LogP contribution in [0.3, 0.4) is 0 Å². The molecule has 2 rings (SSSR count). The molecular formula is C17H27NO. The van der Waals surface area contributed by atoms with Gasteiger partial charge in [-0.3, -0.25) is 0 Å². The zero-order chi connectivity index (χ0) is 13.8. The summed E-state index contributed by atoms with van der Waals surface area (Å²) in [4.78, 5) is 0. The van der Waals surface area contributed by atoms with Crippen molar-refractivity contribution in [2.75, 3.05) is 6.54 Å².